The quantitative estimate of drug-likeness (QED) is 0.771. The van der Waals surface area contributed by atoms with E-state index in [1.165, 1.54) is 7.11 Å². The lowest BCUT2D eigenvalue weighted by Gasteiger charge is -2.16. The molecule has 1 unspecified atom stereocenters. The first-order valence-electron chi connectivity index (χ1n) is 6.99. The summed E-state index contributed by atoms with van der Waals surface area (Å²) in [6.45, 7) is 0. The van der Waals surface area contributed by atoms with Crippen LogP contribution in [0.4, 0.5) is 0 Å². The molecule has 6 heteroatoms. The minimum absolute atomic E-state index is 0.411. The zero-order chi connectivity index (χ0) is 16.4. The third kappa shape index (κ3) is 3.35. The summed E-state index contributed by atoms with van der Waals surface area (Å²) in [6, 6.07) is 14.4. The predicted molar refractivity (Wildman–Crippen MR) is 86.4 cm³/mol. The monoisotopic (exact) mass is 352 g/mol. The molecule has 3 atom stereocenters. The van der Waals surface area contributed by atoms with Gasteiger partial charge in [0.25, 0.3) is 0 Å². The van der Waals surface area contributed by atoms with Crippen LogP contribution in [-0.4, -0.2) is 19.2 Å². The van der Waals surface area contributed by atoms with Crippen molar-refractivity contribution in [3.63, 3.8) is 0 Å². The Kier molecular flexibility index (Phi) is 4.87. The first-order valence-corrected chi connectivity index (χ1v) is 7.74. The molecule has 0 spiro atoms. The zero-order valence-corrected chi connectivity index (χ0v) is 13.8. The highest BCUT2D eigenvalue weighted by atomic mass is 35.5. The first-order chi connectivity index (χ1) is 11.1. The van der Waals surface area contributed by atoms with Gasteiger partial charge in [-0.2, -0.15) is 0 Å². The van der Waals surface area contributed by atoms with E-state index in [2.05, 4.69) is 0 Å². The number of methoxy groups -OCH3 is 1. The average Bonchev–Trinajstić information content (AvgIpc) is 3.00. The number of halogens is 2. The molecule has 1 fully saturated rings. The zero-order valence-electron chi connectivity index (χ0n) is 12.2. The summed E-state index contributed by atoms with van der Waals surface area (Å²) >= 11 is 12.2. The van der Waals surface area contributed by atoms with Crippen molar-refractivity contribution < 1.29 is 19.0 Å². The molecule has 2 aromatic rings. The van der Waals surface area contributed by atoms with Gasteiger partial charge in [0.2, 0.25) is 0 Å². The highest BCUT2D eigenvalue weighted by Crippen LogP contribution is 2.42. The first kappa shape index (κ1) is 16.3. The average molecular weight is 353 g/mol. The van der Waals surface area contributed by atoms with Gasteiger partial charge in [-0.05, 0) is 12.1 Å². The largest absolute Gasteiger partial charge is 0.467 e. The van der Waals surface area contributed by atoms with Crippen LogP contribution in [0.2, 0.25) is 10.0 Å². The highest BCUT2D eigenvalue weighted by molar-refractivity contribution is 6.35. The van der Waals surface area contributed by atoms with Crippen molar-refractivity contribution in [2.24, 2.45) is 0 Å². The second-order valence-electron chi connectivity index (χ2n) is 5.04. The SMILES string of the molecule is COC(=O)[C@@H]1OC(c2ccccc2)O[C@H]1c1ccc(Cl)cc1Cl. The second-order valence-corrected chi connectivity index (χ2v) is 5.89. The fourth-order valence-electron chi connectivity index (χ4n) is 2.47. The summed E-state index contributed by atoms with van der Waals surface area (Å²) in [5, 5.41) is 0.917. The number of rotatable bonds is 3. The minimum Gasteiger partial charge on any atom is -0.467 e. The number of benzene rings is 2. The van der Waals surface area contributed by atoms with Crippen molar-refractivity contribution in [1.29, 1.82) is 0 Å². The van der Waals surface area contributed by atoms with E-state index in [1.54, 1.807) is 18.2 Å². The van der Waals surface area contributed by atoms with Gasteiger partial charge >= 0.3 is 5.97 Å². The molecule has 0 amide bonds. The maximum atomic E-state index is 12.1. The Hall–Kier alpha value is -1.59. The summed E-state index contributed by atoms with van der Waals surface area (Å²) in [4.78, 5) is 12.1. The smallest absolute Gasteiger partial charge is 0.338 e. The summed E-state index contributed by atoms with van der Waals surface area (Å²) in [7, 11) is 1.31. The summed E-state index contributed by atoms with van der Waals surface area (Å²) in [5.74, 6) is -0.514. The molecule has 120 valence electrons. The Morgan fingerprint density at radius 1 is 1.09 bits per heavy atom. The normalized spacial score (nSPS) is 23.7. The van der Waals surface area contributed by atoms with Crippen molar-refractivity contribution in [2.45, 2.75) is 18.5 Å². The van der Waals surface area contributed by atoms with Crippen molar-refractivity contribution in [1.82, 2.24) is 0 Å². The van der Waals surface area contributed by atoms with Crippen LogP contribution in [0.15, 0.2) is 48.5 Å². The van der Waals surface area contributed by atoms with Gasteiger partial charge in [-0.25, -0.2) is 4.79 Å². The van der Waals surface area contributed by atoms with E-state index in [1.807, 2.05) is 30.3 Å². The fraction of sp³-hybridized carbons (Fsp3) is 0.235. The van der Waals surface area contributed by atoms with Gasteiger partial charge in [0.05, 0.1) is 7.11 Å². The van der Waals surface area contributed by atoms with Gasteiger partial charge in [-0.3, -0.25) is 0 Å². The van der Waals surface area contributed by atoms with Crippen molar-refractivity contribution in [3.8, 4) is 0 Å². The topological polar surface area (TPSA) is 44.8 Å². The molecule has 0 N–H and O–H groups in total. The number of esters is 1. The van der Waals surface area contributed by atoms with Crippen LogP contribution < -0.4 is 0 Å². The molecule has 1 aliphatic rings. The number of hydrogen-bond acceptors (Lipinski definition) is 4. The number of carbonyl (C=O) groups is 1. The van der Waals surface area contributed by atoms with Gasteiger partial charge in [-0.15, -0.1) is 0 Å². The van der Waals surface area contributed by atoms with Gasteiger partial charge in [0.1, 0.15) is 6.10 Å². The lowest BCUT2D eigenvalue weighted by Crippen LogP contribution is -2.27. The molecule has 0 aliphatic carbocycles. The minimum atomic E-state index is -0.899. The molecular weight excluding hydrogens is 339 g/mol. The van der Waals surface area contributed by atoms with Crippen LogP contribution in [0.25, 0.3) is 0 Å². The van der Waals surface area contributed by atoms with E-state index < -0.39 is 24.5 Å². The Labute approximate surface area is 143 Å². The number of carbonyl (C=O) groups excluding carboxylic acids is 1. The summed E-state index contributed by atoms with van der Waals surface area (Å²) in [5.41, 5.74) is 1.44. The molecule has 4 nitrogen and oxygen atoms in total. The Morgan fingerprint density at radius 2 is 1.83 bits per heavy atom. The number of ether oxygens (including phenoxy) is 3. The second kappa shape index (κ2) is 6.89. The van der Waals surface area contributed by atoms with Crippen LogP contribution in [0.5, 0.6) is 0 Å². The highest BCUT2D eigenvalue weighted by Gasteiger charge is 2.43. The van der Waals surface area contributed by atoms with Gasteiger partial charge < -0.3 is 14.2 Å². The third-order valence-electron chi connectivity index (χ3n) is 3.59. The summed E-state index contributed by atoms with van der Waals surface area (Å²) < 4.78 is 16.5. The van der Waals surface area contributed by atoms with E-state index >= 15 is 0 Å². The van der Waals surface area contributed by atoms with E-state index in [0.29, 0.717) is 15.6 Å². The van der Waals surface area contributed by atoms with Crippen LogP contribution in [0, 0.1) is 0 Å². The molecule has 1 saturated heterocycles. The van der Waals surface area contributed by atoms with Gasteiger partial charge in [-0.1, -0.05) is 59.6 Å². The molecule has 0 saturated carbocycles. The lowest BCUT2D eigenvalue weighted by molar-refractivity contribution is -0.154. The van der Waals surface area contributed by atoms with Crippen LogP contribution in [0.1, 0.15) is 23.5 Å². The maximum absolute atomic E-state index is 12.1. The lowest BCUT2D eigenvalue weighted by atomic mass is 10.0. The summed E-state index contributed by atoms with van der Waals surface area (Å²) in [6.07, 6.45) is -2.24. The molecule has 2 aromatic carbocycles. The maximum Gasteiger partial charge on any atom is 0.338 e. The van der Waals surface area contributed by atoms with Crippen LogP contribution >= 0.6 is 23.2 Å². The molecule has 0 radical (unpaired) electrons. The van der Waals surface area contributed by atoms with Gasteiger partial charge in [0, 0.05) is 21.2 Å². The Balaban J connectivity index is 1.94. The predicted octanol–water partition coefficient (Wildman–Crippen LogP) is 4.32. The molecular formula is C17H14Cl2O4. The van der Waals surface area contributed by atoms with Gasteiger partial charge in [0.15, 0.2) is 12.4 Å². The van der Waals surface area contributed by atoms with Crippen molar-refractivity contribution in [2.75, 3.05) is 7.11 Å². The van der Waals surface area contributed by atoms with Crippen LogP contribution in [-0.2, 0) is 19.0 Å². The van der Waals surface area contributed by atoms with Crippen LogP contribution in [0.3, 0.4) is 0 Å². The Morgan fingerprint density at radius 3 is 2.48 bits per heavy atom. The standard InChI is InChI=1S/C17H14Cl2O4/c1-21-16(20)15-14(12-8-7-11(18)9-13(12)19)22-17(23-15)10-5-3-2-4-6-10/h2-9,14-15,17H,1H3/t14-,15+,17?/m0/s1. The van der Waals surface area contributed by atoms with E-state index in [-0.39, 0.29) is 0 Å². The van der Waals surface area contributed by atoms with Crippen molar-refractivity contribution >= 4 is 29.2 Å². The molecule has 23 heavy (non-hydrogen) atoms. The molecule has 3 rings (SSSR count). The molecule has 0 aromatic heterocycles. The fourth-order valence-corrected chi connectivity index (χ4v) is 2.99. The molecule has 0 bridgehead atoms. The van der Waals surface area contributed by atoms with E-state index in [0.717, 1.165) is 5.56 Å². The number of hydrogen-bond donors (Lipinski definition) is 0. The third-order valence-corrected chi connectivity index (χ3v) is 4.15. The van der Waals surface area contributed by atoms with E-state index in [4.69, 9.17) is 37.4 Å². The molecule has 1 heterocycles. The molecule has 1 aliphatic heterocycles. The van der Waals surface area contributed by atoms with Crippen molar-refractivity contribution in [3.05, 3.63) is 69.7 Å². The van der Waals surface area contributed by atoms with E-state index in [9.17, 15) is 4.79 Å². The Bertz CT molecular complexity index is 705.